The third kappa shape index (κ3) is 2.05. The van der Waals surface area contributed by atoms with E-state index in [9.17, 15) is 9.59 Å². The van der Waals surface area contributed by atoms with Crippen molar-refractivity contribution in [2.24, 2.45) is 0 Å². The Morgan fingerprint density at radius 3 is 2.82 bits per heavy atom. The summed E-state index contributed by atoms with van der Waals surface area (Å²) in [6.45, 7) is 1.36. The van der Waals surface area contributed by atoms with Crippen LogP contribution in [0.4, 0.5) is 0 Å². The van der Waals surface area contributed by atoms with Gasteiger partial charge in [-0.15, -0.1) is 0 Å². The Kier molecular flexibility index (Phi) is 2.91. The number of fused-ring (bicyclic) bond motifs is 1. The maximum absolute atomic E-state index is 11.7. The number of aliphatic carboxylic acids is 1. The van der Waals surface area contributed by atoms with Crippen LogP contribution in [0.25, 0.3) is 0 Å². The van der Waals surface area contributed by atoms with Crippen LogP contribution in [0.15, 0.2) is 16.6 Å². The molecule has 0 saturated carbocycles. The molecule has 4 nitrogen and oxygen atoms in total. The molecule has 1 atom stereocenters. The molecule has 1 aliphatic rings. The minimum Gasteiger partial charge on any atom is -0.478 e. The summed E-state index contributed by atoms with van der Waals surface area (Å²) in [7, 11) is 0. The van der Waals surface area contributed by atoms with Crippen LogP contribution >= 0.6 is 27.5 Å². The van der Waals surface area contributed by atoms with Gasteiger partial charge in [0.15, 0.2) is 0 Å². The molecule has 0 aromatic heterocycles. The maximum atomic E-state index is 11.7. The van der Waals surface area contributed by atoms with Crippen LogP contribution in [-0.4, -0.2) is 22.6 Å². The Hall–Kier alpha value is -1.07. The highest BCUT2D eigenvalue weighted by molar-refractivity contribution is 9.10. The van der Waals surface area contributed by atoms with Crippen molar-refractivity contribution in [1.82, 2.24) is 0 Å². The van der Waals surface area contributed by atoms with Gasteiger partial charge in [0.05, 0.1) is 5.56 Å². The number of carboxylic acid groups (broad SMARTS) is 1. The lowest BCUT2D eigenvalue weighted by molar-refractivity contribution is -0.158. The first-order valence-corrected chi connectivity index (χ1v) is 5.95. The number of carbonyl (C=O) groups is 2. The van der Waals surface area contributed by atoms with E-state index in [2.05, 4.69) is 15.9 Å². The highest BCUT2D eigenvalue weighted by Crippen LogP contribution is 2.35. The molecule has 1 N–H and O–H groups in total. The van der Waals surface area contributed by atoms with Gasteiger partial charge >= 0.3 is 11.9 Å². The van der Waals surface area contributed by atoms with Crippen molar-refractivity contribution in [2.75, 3.05) is 0 Å². The number of hydrogen-bond donors (Lipinski definition) is 1. The normalized spacial score (nSPS) is 22.9. The van der Waals surface area contributed by atoms with Crippen LogP contribution in [0, 0.1) is 0 Å². The van der Waals surface area contributed by atoms with Crippen LogP contribution in [0.2, 0.25) is 5.02 Å². The number of ether oxygens (including phenoxy) is 1. The topological polar surface area (TPSA) is 63.6 Å². The zero-order valence-corrected chi connectivity index (χ0v) is 11.1. The standard InChI is InChI=1S/C11H8BrClO4/c1-11(10(15)16)4-7-6(9(14)17-11)2-5(12)3-8(7)13/h2-3H,4H2,1H3,(H,15,16). The number of rotatable bonds is 1. The second kappa shape index (κ2) is 3.99. The van der Waals surface area contributed by atoms with Gasteiger partial charge in [0.2, 0.25) is 5.60 Å². The van der Waals surface area contributed by atoms with Crippen molar-refractivity contribution in [1.29, 1.82) is 0 Å². The zero-order chi connectivity index (χ0) is 12.8. The summed E-state index contributed by atoms with van der Waals surface area (Å²) in [4.78, 5) is 22.8. The fourth-order valence-corrected chi connectivity index (χ4v) is 2.59. The Bertz CT molecular complexity index is 528. The number of carbonyl (C=O) groups excluding carboxylic acids is 1. The van der Waals surface area contributed by atoms with Gasteiger partial charge in [-0.1, -0.05) is 27.5 Å². The van der Waals surface area contributed by atoms with E-state index in [-0.39, 0.29) is 6.42 Å². The quantitative estimate of drug-likeness (QED) is 0.808. The van der Waals surface area contributed by atoms with Gasteiger partial charge in [0.1, 0.15) is 0 Å². The summed E-state index contributed by atoms with van der Waals surface area (Å²) in [6, 6.07) is 3.20. The first-order valence-electron chi connectivity index (χ1n) is 4.78. The molecule has 0 spiro atoms. The molecule has 1 aromatic carbocycles. The number of hydrogen-bond acceptors (Lipinski definition) is 3. The minimum atomic E-state index is -1.55. The van der Waals surface area contributed by atoms with Gasteiger partial charge in [-0.25, -0.2) is 9.59 Å². The molecule has 1 heterocycles. The SMILES string of the molecule is CC1(C(=O)O)Cc2c(Cl)cc(Br)cc2C(=O)O1. The molecule has 1 aromatic rings. The lowest BCUT2D eigenvalue weighted by Crippen LogP contribution is -2.45. The Morgan fingerprint density at radius 2 is 2.24 bits per heavy atom. The summed E-state index contributed by atoms with van der Waals surface area (Å²) < 4.78 is 5.60. The van der Waals surface area contributed by atoms with Gasteiger partial charge in [-0.3, -0.25) is 0 Å². The molecule has 90 valence electrons. The Balaban J connectivity index is 2.58. The molecule has 6 heteroatoms. The molecule has 0 fully saturated rings. The molecule has 17 heavy (non-hydrogen) atoms. The van der Waals surface area contributed by atoms with Gasteiger partial charge in [-0.05, 0) is 24.6 Å². The minimum absolute atomic E-state index is 0.0650. The van der Waals surface area contributed by atoms with Crippen molar-refractivity contribution >= 4 is 39.5 Å². The number of cyclic esters (lactones) is 1. The molecule has 0 aliphatic carbocycles. The summed E-state index contributed by atoms with van der Waals surface area (Å²) in [6.07, 6.45) is 0.0650. The van der Waals surface area contributed by atoms with Crippen LogP contribution in [0.1, 0.15) is 22.8 Å². The van der Waals surface area contributed by atoms with Gasteiger partial charge in [0.25, 0.3) is 0 Å². The smallest absolute Gasteiger partial charge is 0.348 e. The Morgan fingerprint density at radius 1 is 1.59 bits per heavy atom. The van der Waals surface area contributed by atoms with Crippen LogP contribution in [0.5, 0.6) is 0 Å². The average Bonchev–Trinajstić information content (AvgIpc) is 2.20. The highest BCUT2D eigenvalue weighted by Gasteiger charge is 2.43. The maximum Gasteiger partial charge on any atom is 0.348 e. The lowest BCUT2D eigenvalue weighted by atomic mass is 9.90. The zero-order valence-electron chi connectivity index (χ0n) is 8.79. The number of esters is 1. The number of carboxylic acids is 1. The summed E-state index contributed by atoms with van der Waals surface area (Å²) >= 11 is 9.23. The third-order valence-corrected chi connectivity index (χ3v) is 3.46. The van der Waals surface area contributed by atoms with Crippen molar-refractivity contribution in [3.05, 3.63) is 32.8 Å². The molecule has 2 rings (SSSR count). The van der Waals surface area contributed by atoms with Gasteiger partial charge in [0, 0.05) is 15.9 Å². The van der Waals surface area contributed by atoms with E-state index in [1.54, 1.807) is 12.1 Å². The number of halogens is 2. The second-order valence-electron chi connectivity index (χ2n) is 4.02. The third-order valence-electron chi connectivity index (χ3n) is 2.66. The van der Waals surface area contributed by atoms with E-state index in [0.717, 1.165) is 0 Å². The molecule has 1 unspecified atom stereocenters. The van der Waals surface area contributed by atoms with E-state index in [1.807, 2.05) is 0 Å². The van der Waals surface area contributed by atoms with Crippen LogP contribution in [-0.2, 0) is 16.0 Å². The second-order valence-corrected chi connectivity index (χ2v) is 5.34. The van der Waals surface area contributed by atoms with E-state index >= 15 is 0 Å². The predicted molar refractivity (Wildman–Crippen MR) is 64.3 cm³/mol. The lowest BCUT2D eigenvalue weighted by Gasteiger charge is -2.31. The van der Waals surface area contributed by atoms with Crippen molar-refractivity contribution in [2.45, 2.75) is 18.9 Å². The van der Waals surface area contributed by atoms with E-state index < -0.39 is 17.5 Å². The van der Waals surface area contributed by atoms with Gasteiger partial charge in [-0.2, -0.15) is 0 Å². The first-order chi connectivity index (χ1) is 7.83. The number of benzene rings is 1. The average molecular weight is 320 g/mol. The Labute approximate surface area is 111 Å². The predicted octanol–water partition coefficient (Wildman–Crippen LogP) is 2.66. The fraction of sp³-hybridized carbons (Fsp3) is 0.273. The van der Waals surface area contributed by atoms with E-state index in [4.69, 9.17) is 21.4 Å². The molecule has 1 aliphatic heterocycles. The molecule has 0 amide bonds. The van der Waals surface area contributed by atoms with Gasteiger partial charge < -0.3 is 9.84 Å². The molecule has 0 saturated heterocycles. The molecule has 0 radical (unpaired) electrons. The fourth-order valence-electron chi connectivity index (χ4n) is 1.72. The summed E-state index contributed by atoms with van der Waals surface area (Å²) in [5, 5.41) is 9.42. The molecular weight excluding hydrogens is 311 g/mol. The highest BCUT2D eigenvalue weighted by atomic mass is 79.9. The van der Waals surface area contributed by atoms with Crippen molar-refractivity contribution in [3.63, 3.8) is 0 Å². The molecule has 0 bridgehead atoms. The monoisotopic (exact) mass is 318 g/mol. The van der Waals surface area contributed by atoms with E-state index in [0.29, 0.717) is 20.6 Å². The van der Waals surface area contributed by atoms with E-state index in [1.165, 1.54) is 6.92 Å². The van der Waals surface area contributed by atoms with Crippen LogP contribution in [0.3, 0.4) is 0 Å². The largest absolute Gasteiger partial charge is 0.478 e. The molecular formula is C11H8BrClO4. The summed E-state index contributed by atoms with van der Waals surface area (Å²) in [5.74, 6) is -1.85. The van der Waals surface area contributed by atoms with Crippen molar-refractivity contribution in [3.8, 4) is 0 Å². The van der Waals surface area contributed by atoms with Crippen LogP contribution < -0.4 is 0 Å². The van der Waals surface area contributed by atoms with Crippen molar-refractivity contribution < 1.29 is 19.4 Å². The summed E-state index contributed by atoms with van der Waals surface area (Å²) in [5.41, 5.74) is -0.735. The first kappa shape index (κ1) is 12.4.